The molecule has 0 aromatic carbocycles. The molecule has 4 nitrogen and oxygen atoms in total. The molecule has 0 bridgehead atoms. The summed E-state index contributed by atoms with van der Waals surface area (Å²) in [6.07, 6.45) is 0. The Bertz CT molecular complexity index is 375. The highest BCUT2D eigenvalue weighted by atomic mass is 32.1. The fraction of sp³-hybridized carbons (Fsp3) is 0.400. The number of thiophene rings is 1. The second kappa shape index (κ2) is 4.02. The largest absolute Gasteiger partial charge is 0.343 e. The van der Waals surface area contributed by atoms with E-state index in [1.807, 2.05) is 17.5 Å². The van der Waals surface area contributed by atoms with Gasteiger partial charge in [0.25, 0.3) is 0 Å². The van der Waals surface area contributed by atoms with Gasteiger partial charge in [0.15, 0.2) is 0 Å². The van der Waals surface area contributed by atoms with Crippen molar-refractivity contribution in [1.29, 1.82) is 0 Å². The topological polar surface area (TPSA) is 49.4 Å². The van der Waals surface area contributed by atoms with Gasteiger partial charge in [-0.3, -0.25) is 9.59 Å². The lowest BCUT2D eigenvalue weighted by Gasteiger charge is -2.30. The SMILES string of the molecule is CC1NC(=O)CN(Cc2cccs2)C1=O. The van der Waals surface area contributed by atoms with Gasteiger partial charge in [-0.15, -0.1) is 11.3 Å². The van der Waals surface area contributed by atoms with E-state index in [4.69, 9.17) is 0 Å². The summed E-state index contributed by atoms with van der Waals surface area (Å²) in [4.78, 5) is 25.7. The van der Waals surface area contributed by atoms with E-state index in [2.05, 4.69) is 5.32 Å². The van der Waals surface area contributed by atoms with E-state index in [0.717, 1.165) is 4.88 Å². The molecule has 1 aromatic rings. The summed E-state index contributed by atoms with van der Waals surface area (Å²) < 4.78 is 0. The predicted octanol–water partition coefficient (Wildman–Crippen LogP) is 0.595. The molecular weight excluding hydrogens is 212 g/mol. The van der Waals surface area contributed by atoms with Crippen molar-refractivity contribution in [1.82, 2.24) is 10.2 Å². The molecule has 1 fully saturated rings. The van der Waals surface area contributed by atoms with Crippen LogP contribution in [-0.2, 0) is 16.1 Å². The van der Waals surface area contributed by atoms with E-state index in [9.17, 15) is 9.59 Å². The highest BCUT2D eigenvalue weighted by molar-refractivity contribution is 7.09. The third kappa shape index (κ3) is 2.18. The van der Waals surface area contributed by atoms with E-state index in [0.29, 0.717) is 6.54 Å². The highest BCUT2D eigenvalue weighted by Crippen LogP contribution is 2.13. The molecule has 0 saturated carbocycles. The van der Waals surface area contributed by atoms with Gasteiger partial charge in [-0.2, -0.15) is 0 Å². The molecule has 0 spiro atoms. The van der Waals surface area contributed by atoms with Crippen molar-refractivity contribution < 1.29 is 9.59 Å². The second-order valence-electron chi connectivity index (χ2n) is 3.56. The zero-order valence-corrected chi connectivity index (χ0v) is 9.21. The zero-order valence-electron chi connectivity index (χ0n) is 8.40. The Labute approximate surface area is 91.9 Å². The standard InChI is InChI=1S/C10H12N2O2S/c1-7-10(14)12(6-9(13)11-7)5-8-3-2-4-15-8/h2-4,7H,5-6H2,1H3,(H,11,13). The van der Waals surface area contributed by atoms with Crippen LogP contribution < -0.4 is 5.32 Å². The van der Waals surface area contributed by atoms with Crippen molar-refractivity contribution in [2.75, 3.05) is 6.54 Å². The summed E-state index contributed by atoms with van der Waals surface area (Å²) in [5.74, 6) is -0.0957. The molecule has 1 aliphatic rings. The summed E-state index contributed by atoms with van der Waals surface area (Å²) >= 11 is 1.60. The van der Waals surface area contributed by atoms with Crippen LogP contribution in [-0.4, -0.2) is 29.3 Å². The number of hydrogen-bond donors (Lipinski definition) is 1. The van der Waals surface area contributed by atoms with Crippen LogP contribution in [0.2, 0.25) is 0 Å². The summed E-state index contributed by atoms with van der Waals surface area (Å²) in [6, 6.07) is 3.51. The van der Waals surface area contributed by atoms with Crippen LogP contribution in [0.15, 0.2) is 17.5 Å². The molecule has 1 aliphatic heterocycles. The van der Waals surface area contributed by atoms with E-state index in [-0.39, 0.29) is 18.4 Å². The van der Waals surface area contributed by atoms with Gasteiger partial charge in [0.2, 0.25) is 11.8 Å². The lowest BCUT2D eigenvalue weighted by Crippen LogP contribution is -2.56. The van der Waals surface area contributed by atoms with Crippen LogP contribution >= 0.6 is 11.3 Å². The van der Waals surface area contributed by atoms with Crippen molar-refractivity contribution in [2.24, 2.45) is 0 Å². The molecule has 1 atom stereocenters. The average molecular weight is 224 g/mol. The second-order valence-corrected chi connectivity index (χ2v) is 4.60. The number of nitrogens with one attached hydrogen (secondary N) is 1. The van der Waals surface area contributed by atoms with Crippen molar-refractivity contribution in [3.63, 3.8) is 0 Å². The average Bonchev–Trinajstić information content (AvgIpc) is 2.66. The number of hydrogen-bond acceptors (Lipinski definition) is 3. The van der Waals surface area contributed by atoms with E-state index >= 15 is 0 Å². The van der Waals surface area contributed by atoms with Crippen LogP contribution in [0.3, 0.4) is 0 Å². The number of carbonyl (C=O) groups excluding carboxylic acids is 2. The van der Waals surface area contributed by atoms with Gasteiger partial charge < -0.3 is 10.2 Å². The Morgan fingerprint density at radius 1 is 1.60 bits per heavy atom. The maximum Gasteiger partial charge on any atom is 0.245 e. The van der Waals surface area contributed by atoms with Gasteiger partial charge in [0.05, 0.1) is 13.1 Å². The minimum atomic E-state index is -0.397. The fourth-order valence-electron chi connectivity index (χ4n) is 1.60. The number of rotatable bonds is 2. The van der Waals surface area contributed by atoms with Crippen LogP contribution in [0.5, 0.6) is 0 Å². The summed E-state index contributed by atoms with van der Waals surface area (Å²) in [7, 11) is 0. The Kier molecular flexibility index (Phi) is 2.73. The van der Waals surface area contributed by atoms with Crippen LogP contribution in [0, 0.1) is 0 Å². The minimum absolute atomic E-state index is 0.0111. The first-order valence-electron chi connectivity index (χ1n) is 4.77. The van der Waals surface area contributed by atoms with Crippen molar-refractivity contribution in [2.45, 2.75) is 19.5 Å². The Hall–Kier alpha value is -1.36. The number of nitrogens with zero attached hydrogens (tertiary/aromatic N) is 1. The van der Waals surface area contributed by atoms with Gasteiger partial charge in [-0.05, 0) is 18.4 Å². The molecule has 1 N–H and O–H groups in total. The zero-order chi connectivity index (χ0) is 10.8. The smallest absolute Gasteiger partial charge is 0.245 e. The number of piperazine rings is 1. The quantitative estimate of drug-likeness (QED) is 0.799. The highest BCUT2D eigenvalue weighted by Gasteiger charge is 2.29. The Morgan fingerprint density at radius 2 is 2.40 bits per heavy atom. The van der Waals surface area contributed by atoms with Gasteiger partial charge in [0, 0.05) is 4.88 Å². The van der Waals surface area contributed by atoms with Crippen LogP contribution in [0.25, 0.3) is 0 Å². The first kappa shape index (κ1) is 10.2. The molecular formula is C10H12N2O2S. The third-order valence-corrected chi connectivity index (χ3v) is 3.18. The monoisotopic (exact) mass is 224 g/mol. The third-order valence-electron chi connectivity index (χ3n) is 2.32. The fourth-order valence-corrected chi connectivity index (χ4v) is 2.32. The first-order valence-corrected chi connectivity index (χ1v) is 5.65. The van der Waals surface area contributed by atoms with Crippen LogP contribution in [0.1, 0.15) is 11.8 Å². The molecule has 1 unspecified atom stereocenters. The molecule has 15 heavy (non-hydrogen) atoms. The maximum absolute atomic E-state index is 11.7. The maximum atomic E-state index is 11.7. The molecule has 2 heterocycles. The summed E-state index contributed by atoms with van der Waals surface area (Å²) in [5.41, 5.74) is 0. The minimum Gasteiger partial charge on any atom is -0.343 e. The van der Waals surface area contributed by atoms with Crippen molar-refractivity contribution in [3.05, 3.63) is 22.4 Å². The molecule has 1 aromatic heterocycles. The molecule has 2 amide bonds. The van der Waals surface area contributed by atoms with E-state index in [1.165, 1.54) is 0 Å². The normalized spacial score (nSPS) is 21.7. The van der Waals surface area contributed by atoms with Crippen molar-refractivity contribution >= 4 is 23.2 Å². The Morgan fingerprint density at radius 3 is 3.07 bits per heavy atom. The first-order chi connectivity index (χ1) is 7.16. The predicted molar refractivity (Wildman–Crippen MR) is 57.3 cm³/mol. The van der Waals surface area contributed by atoms with E-state index < -0.39 is 6.04 Å². The number of carbonyl (C=O) groups is 2. The molecule has 80 valence electrons. The van der Waals surface area contributed by atoms with Gasteiger partial charge in [0.1, 0.15) is 6.04 Å². The van der Waals surface area contributed by atoms with Gasteiger partial charge in [-0.25, -0.2) is 0 Å². The van der Waals surface area contributed by atoms with Crippen LogP contribution in [0.4, 0.5) is 0 Å². The lowest BCUT2D eigenvalue weighted by atomic mass is 10.2. The molecule has 5 heteroatoms. The summed E-state index contributed by atoms with van der Waals surface area (Å²) in [6.45, 7) is 2.41. The molecule has 0 aliphatic carbocycles. The summed E-state index contributed by atoms with van der Waals surface area (Å²) in [5, 5.41) is 4.58. The van der Waals surface area contributed by atoms with E-state index in [1.54, 1.807) is 23.2 Å². The van der Waals surface area contributed by atoms with Crippen molar-refractivity contribution in [3.8, 4) is 0 Å². The molecule has 1 saturated heterocycles. The molecule has 2 rings (SSSR count). The lowest BCUT2D eigenvalue weighted by molar-refractivity contribution is -0.144. The molecule has 0 radical (unpaired) electrons. The van der Waals surface area contributed by atoms with Gasteiger partial charge in [-0.1, -0.05) is 6.07 Å². The number of amides is 2. The Balaban J connectivity index is 2.07. The van der Waals surface area contributed by atoms with Gasteiger partial charge >= 0.3 is 0 Å².